The molecule has 0 unspecified atom stereocenters. The minimum absolute atomic E-state index is 0.139. The Kier molecular flexibility index (Phi) is 7.62. The van der Waals surface area contributed by atoms with Gasteiger partial charge in [-0.1, -0.05) is 23.7 Å². The maximum absolute atomic E-state index is 6.44. The minimum atomic E-state index is -0.150. The Labute approximate surface area is 256 Å². The smallest absolute Gasteiger partial charge is 0.174 e. The number of rotatable bonds is 7. The van der Waals surface area contributed by atoms with Crippen LogP contribution in [0.5, 0.6) is 17.2 Å². The summed E-state index contributed by atoms with van der Waals surface area (Å²) < 4.78 is 13.6. The van der Waals surface area contributed by atoms with Gasteiger partial charge in [0.05, 0.1) is 24.9 Å². The molecule has 3 aromatic carbocycles. The number of anilines is 1. The number of benzene rings is 3. The fraction of sp³-hybridized carbons (Fsp3) is 0.176. The molecule has 1 N–H and O–H groups in total. The number of methoxy groups -OCH3 is 1. The SMILES string of the molecule is COc1ccc(Oc2ccc(N3C(=S)N[C@@H](c4ccccn4)[C@H]3c3cc(C)n(-c4cc(Cl)ccc4C)c3C)cc2)cc1. The molecule has 212 valence electrons. The predicted molar refractivity (Wildman–Crippen MR) is 172 cm³/mol. The van der Waals surface area contributed by atoms with Gasteiger partial charge in [0.1, 0.15) is 17.2 Å². The van der Waals surface area contributed by atoms with Gasteiger partial charge in [-0.15, -0.1) is 0 Å². The van der Waals surface area contributed by atoms with Crippen molar-refractivity contribution in [1.29, 1.82) is 0 Å². The zero-order valence-electron chi connectivity index (χ0n) is 23.8. The predicted octanol–water partition coefficient (Wildman–Crippen LogP) is 8.43. The summed E-state index contributed by atoms with van der Waals surface area (Å²) in [5, 5.41) is 4.92. The Bertz CT molecular complexity index is 1740. The van der Waals surface area contributed by atoms with Crippen LogP contribution in [-0.2, 0) is 0 Å². The first-order valence-electron chi connectivity index (χ1n) is 13.7. The molecule has 0 amide bonds. The first-order valence-corrected chi connectivity index (χ1v) is 14.5. The van der Waals surface area contributed by atoms with E-state index in [2.05, 4.69) is 47.7 Å². The van der Waals surface area contributed by atoms with Crippen LogP contribution in [0.25, 0.3) is 5.69 Å². The van der Waals surface area contributed by atoms with Crippen molar-refractivity contribution in [2.24, 2.45) is 0 Å². The number of hydrogen-bond donors (Lipinski definition) is 1. The first kappa shape index (κ1) is 27.8. The van der Waals surface area contributed by atoms with Crippen LogP contribution < -0.4 is 19.7 Å². The van der Waals surface area contributed by atoms with E-state index in [1.165, 1.54) is 0 Å². The van der Waals surface area contributed by atoms with E-state index < -0.39 is 0 Å². The van der Waals surface area contributed by atoms with E-state index in [9.17, 15) is 0 Å². The van der Waals surface area contributed by atoms with Crippen LogP contribution in [0.15, 0.2) is 97.2 Å². The summed E-state index contributed by atoms with van der Waals surface area (Å²) in [6.07, 6.45) is 1.82. The van der Waals surface area contributed by atoms with Crippen LogP contribution >= 0.6 is 23.8 Å². The van der Waals surface area contributed by atoms with Crippen LogP contribution in [0.2, 0.25) is 5.02 Å². The zero-order chi connectivity index (χ0) is 29.4. The normalized spacial score (nSPS) is 16.4. The van der Waals surface area contributed by atoms with Crippen molar-refractivity contribution in [1.82, 2.24) is 14.9 Å². The van der Waals surface area contributed by atoms with E-state index in [0.717, 1.165) is 56.8 Å². The van der Waals surface area contributed by atoms with Crippen molar-refractivity contribution in [2.45, 2.75) is 32.9 Å². The topological polar surface area (TPSA) is 51.6 Å². The lowest BCUT2D eigenvalue weighted by atomic mass is 9.96. The van der Waals surface area contributed by atoms with E-state index in [0.29, 0.717) is 10.1 Å². The second-order valence-electron chi connectivity index (χ2n) is 10.4. The number of thiocarbonyl (C=S) groups is 1. The zero-order valence-corrected chi connectivity index (χ0v) is 25.4. The minimum Gasteiger partial charge on any atom is -0.497 e. The largest absolute Gasteiger partial charge is 0.497 e. The second kappa shape index (κ2) is 11.5. The molecule has 0 aliphatic carbocycles. The summed E-state index contributed by atoms with van der Waals surface area (Å²) in [5.41, 5.74) is 7.51. The number of nitrogens with zero attached hydrogens (tertiary/aromatic N) is 3. The van der Waals surface area contributed by atoms with E-state index in [-0.39, 0.29) is 12.1 Å². The van der Waals surface area contributed by atoms with Crippen LogP contribution in [0.1, 0.15) is 40.3 Å². The molecule has 8 heteroatoms. The van der Waals surface area contributed by atoms with Crippen molar-refractivity contribution in [2.75, 3.05) is 12.0 Å². The third-order valence-electron chi connectivity index (χ3n) is 7.71. The van der Waals surface area contributed by atoms with E-state index in [1.54, 1.807) is 7.11 Å². The van der Waals surface area contributed by atoms with Crippen LogP contribution in [0.3, 0.4) is 0 Å². The molecule has 6 nitrogen and oxygen atoms in total. The Hall–Kier alpha value is -4.33. The van der Waals surface area contributed by atoms with Crippen molar-refractivity contribution in [3.8, 4) is 22.9 Å². The van der Waals surface area contributed by atoms with Gasteiger partial charge >= 0.3 is 0 Å². The van der Waals surface area contributed by atoms with Crippen molar-refractivity contribution in [3.05, 3.63) is 130 Å². The Morgan fingerprint density at radius 1 is 0.857 bits per heavy atom. The molecular weight excluding hydrogens is 564 g/mol. The van der Waals surface area contributed by atoms with Crippen LogP contribution in [-0.4, -0.2) is 21.8 Å². The average Bonchev–Trinajstić information content (AvgIpc) is 3.50. The molecule has 6 rings (SSSR count). The third-order valence-corrected chi connectivity index (χ3v) is 8.26. The molecule has 1 saturated heterocycles. The summed E-state index contributed by atoms with van der Waals surface area (Å²) in [7, 11) is 1.65. The Morgan fingerprint density at radius 3 is 2.21 bits per heavy atom. The van der Waals surface area contributed by atoms with E-state index >= 15 is 0 Å². The van der Waals surface area contributed by atoms with E-state index in [1.807, 2.05) is 85.1 Å². The van der Waals surface area contributed by atoms with Gasteiger partial charge in [0.2, 0.25) is 0 Å². The molecule has 0 bridgehead atoms. The molecule has 5 aromatic rings. The summed E-state index contributed by atoms with van der Waals surface area (Å²) in [6.45, 7) is 6.39. The van der Waals surface area contributed by atoms with Gasteiger partial charge in [-0.2, -0.15) is 0 Å². The average molecular weight is 595 g/mol. The molecule has 1 aliphatic rings. The van der Waals surface area contributed by atoms with Crippen LogP contribution in [0.4, 0.5) is 5.69 Å². The maximum atomic E-state index is 6.44. The second-order valence-corrected chi connectivity index (χ2v) is 11.2. The molecule has 1 fully saturated rings. The van der Waals surface area contributed by atoms with Crippen molar-refractivity contribution < 1.29 is 9.47 Å². The molecule has 0 spiro atoms. The summed E-state index contributed by atoms with van der Waals surface area (Å²) >= 11 is 12.4. The van der Waals surface area contributed by atoms with Gasteiger partial charge in [-0.25, -0.2) is 0 Å². The summed E-state index contributed by atoms with van der Waals surface area (Å²) in [5.74, 6) is 2.25. The number of hydrogen-bond acceptors (Lipinski definition) is 4. The highest BCUT2D eigenvalue weighted by molar-refractivity contribution is 7.80. The monoisotopic (exact) mass is 594 g/mol. The fourth-order valence-corrected chi connectivity index (χ4v) is 6.20. The number of aryl methyl sites for hydroxylation is 2. The van der Waals surface area contributed by atoms with Gasteiger partial charge in [-0.05, 0) is 123 Å². The van der Waals surface area contributed by atoms with Crippen LogP contribution in [0, 0.1) is 20.8 Å². The Morgan fingerprint density at radius 2 is 1.55 bits per heavy atom. The molecular formula is C34H31ClN4O2S. The lowest BCUT2D eigenvalue weighted by Gasteiger charge is -2.28. The highest BCUT2D eigenvalue weighted by atomic mass is 35.5. The highest BCUT2D eigenvalue weighted by Gasteiger charge is 2.42. The number of halogens is 1. The number of ether oxygens (including phenoxy) is 2. The molecule has 42 heavy (non-hydrogen) atoms. The molecule has 0 saturated carbocycles. The van der Waals surface area contributed by atoms with Gasteiger partial charge in [0, 0.05) is 34.0 Å². The van der Waals surface area contributed by atoms with Crippen molar-refractivity contribution in [3.63, 3.8) is 0 Å². The van der Waals surface area contributed by atoms with E-state index in [4.69, 9.17) is 38.3 Å². The standard InChI is InChI=1S/C34H31ClN4O2S/c1-21-8-9-24(35)20-31(21)38-22(2)19-29(23(38)3)33-32(30-7-5-6-18-36-30)37-34(42)39(33)25-10-12-27(13-11-25)41-28-16-14-26(40-4)15-17-28/h5-20,32-33H,1-4H3,(H,37,42)/t32-,33+/m0/s1. The molecule has 3 heterocycles. The number of nitrogens with one attached hydrogen (secondary N) is 1. The third kappa shape index (κ3) is 5.22. The first-order chi connectivity index (χ1) is 20.3. The lowest BCUT2D eigenvalue weighted by Crippen LogP contribution is -2.29. The lowest BCUT2D eigenvalue weighted by molar-refractivity contribution is 0.413. The van der Waals surface area contributed by atoms with Gasteiger partial charge in [-0.3, -0.25) is 4.98 Å². The molecule has 2 aromatic heterocycles. The fourth-order valence-electron chi connectivity index (χ4n) is 5.68. The van der Waals surface area contributed by atoms with Crippen molar-refractivity contribution >= 4 is 34.6 Å². The number of pyridine rings is 1. The summed E-state index contributed by atoms with van der Waals surface area (Å²) in [4.78, 5) is 6.90. The Balaban J connectivity index is 1.40. The molecule has 1 aliphatic heterocycles. The highest BCUT2D eigenvalue weighted by Crippen LogP contribution is 2.44. The van der Waals surface area contributed by atoms with Gasteiger partial charge < -0.3 is 24.3 Å². The van der Waals surface area contributed by atoms with Gasteiger partial charge in [0.15, 0.2) is 5.11 Å². The molecule has 0 radical (unpaired) electrons. The number of aromatic nitrogens is 2. The maximum Gasteiger partial charge on any atom is 0.174 e. The van der Waals surface area contributed by atoms with Gasteiger partial charge in [0.25, 0.3) is 0 Å². The molecule has 2 atom stereocenters. The quantitative estimate of drug-likeness (QED) is 0.191. The summed E-state index contributed by atoms with van der Waals surface area (Å²) in [6, 6.07) is 29.5.